The number of hydrogen-bond donors (Lipinski definition) is 0. The minimum Gasteiger partial charge on any atom is -0.465 e. The number of hydrogen-bond acceptors (Lipinski definition) is 5. The van der Waals surface area contributed by atoms with Gasteiger partial charge in [0.2, 0.25) is 0 Å². The lowest BCUT2D eigenvalue weighted by Crippen LogP contribution is -2.18. The van der Waals surface area contributed by atoms with E-state index in [1.807, 2.05) is 0 Å². The maximum absolute atomic E-state index is 11.4. The Labute approximate surface area is 113 Å². The molecule has 0 N–H and O–H groups in total. The molecule has 1 heterocycles. The molecule has 5 nitrogen and oxygen atoms in total. The lowest BCUT2D eigenvalue weighted by Gasteiger charge is -2.22. The summed E-state index contributed by atoms with van der Waals surface area (Å²) in [5.74, 6) is -1.30. The summed E-state index contributed by atoms with van der Waals surface area (Å²) in [5.41, 5.74) is -0.0328. The third-order valence-corrected chi connectivity index (χ3v) is 3.16. The molecule has 1 rings (SSSR count). The van der Waals surface area contributed by atoms with Crippen molar-refractivity contribution in [2.24, 2.45) is 0 Å². The second-order valence-corrected chi connectivity index (χ2v) is 4.52. The predicted molar refractivity (Wildman–Crippen MR) is 69.6 cm³/mol. The summed E-state index contributed by atoms with van der Waals surface area (Å²) in [6.45, 7) is 0.843. The van der Waals surface area contributed by atoms with E-state index in [9.17, 15) is 9.59 Å². The molecule has 1 aliphatic rings. The van der Waals surface area contributed by atoms with E-state index in [-0.39, 0.29) is 5.57 Å². The van der Waals surface area contributed by atoms with Gasteiger partial charge in [0.05, 0.1) is 20.3 Å². The van der Waals surface area contributed by atoms with Crippen LogP contribution in [0.25, 0.3) is 0 Å². The van der Waals surface area contributed by atoms with Gasteiger partial charge in [-0.25, -0.2) is 9.59 Å². The van der Waals surface area contributed by atoms with Crippen molar-refractivity contribution in [1.29, 1.82) is 0 Å². The van der Waals surface area contributed by atoms with Crippen LogP contribution in [0.4, 0.5) is 0 Å². The van der Waals surface area contributed by atoms with Crippen LogP contribution >= 0.6 is 0 Å². The van der Waals surface area contributed by atoms with Crippen LogP contribution in [0.1, 0.15) is 38.5 Å². The Balaban J connectivity index is 2.38. The number of allylic oxidation sites excluding steroid dienone is 1. The van der Waals surface area contributed by atoms with Crippen molar-refractivity contribution in [3.63, 3.8) is 0 Å². The normalized spacial score (nSPS) is 18.5. The van der Waals surface area contributed by atoms with Gasteiger partial charge < -0.3 is 14.2 Å². The first-order chi connectivity index (χ1) is 9.19. The van der Waals surface area contributed by atoms with Crippen molar-refractivity contribution in [3.8, 4) is 0 Å². The molecule has 0 aromatic rings. The van der Waals surface area contributed by atoms with Gasteiger partial charge in [-0.05, 0) is 38.5 Å². The van der Waals surface area contributed by atoms with Crippen LogP contribution in [0, 0.1) is 0 Å². The lowest BCUT2D eigenvalue weighted by atomic mass is 10.0. The summed E-state index contributed by atoms with van der Waals surface area (Å²) >= 11 is 0. The topological polar surface area (TPSA) is 61.8 Å². The maximum atomic E-state index is 11.4. The number of rotatable bonds is 6. The second-order valence-electron chi connectivity index (χ2n) is 4.52. The zero-order valence-corrected chi connectivity index (χ0v) is 11.6. The lowest BCUT2D eigenvalue weighted by molar-refractivity contribution is -0.144. The van der Waals surface area contributed by atoms with Crippen molar-refractivity contribution < 1.29 is 23.8 Å². The molecule has 0 aromatic carbocycles. The van der Waals surface area contributed by atoms with Gasteiger partial charge in [-0.1, -0.05) is 6.08 Å². The van der Waals surface area contributed by atoms with Crippen LogP contribution in [0.2, 0.25) is 0 Å². The predicted octanol–water partition coefficient (Wildman–Crippen LogP) is 2.00. The first-order valence-electron chi connectivity index (χ1n) is 6.67. The average molecular weight is 270 g/mol. The van der Waals surface area contributed by atoms with E-state index >= 15 is 0 Å². The molecular formula is C14H22O5. The maximum Gasteiger partial charge on any atom is 0.344 e. The molecule has 0 radical (unpaired) electrons. The first-order valence-corrected chi connectivity index (χ1v) is 6.67. The average Bonchev–Trinajstić information content (AvgIpc) is 2.47. The Morgan fingerprint density at radius 3 is 2.42 bits per heavy atom. The zero-order chi connectivity index (χ0) is 14.1. The van der Waals surface area contributed by atoms with Crippen molar-refractivity contribution >= 4 is 11.9 Å². The SMILES string of the molecule is COC(=O)C(=CCCCC1CCCCO1)C(=O)OC. The summed E-state index contributed by atoms with van der Waals surface area (Å²) in [4.78, 5) is 22.8. The fraction of sp³-hybridized carbons (Fsp3) is 0.714. The third kappa shape index (κ3) is 5.42. The van der Waals surface area contributed by atoms with E-state index in [0.29, 0.717) is 12.5 Å². The molecule has 0 bridgehead atoms. The van der Waals surface area contributed by atoms with Gasteiger partial charge in [-0.2, -0.15) is 0 Å². The molecule has 1 atom stereocenters. The van der Waals surface area contributed by atoms with Gasteiger partial charge in [0.25, 0.3) is 0 Å². The number of methoxy groups -OCH3 is 2. The minimum absolute atomic E-state index is 0.0328. The molecule has 1 fully saturated rings. The third-order valence-electron chi connectivity index (χ3n) is 3.16. The van der Waals surface area contributed by atoms with Crippen molar-refractivity contribution in [3.05, 3.63) is 11.6 Å². The number of carbonyl (C=O) groups is 2. The fourth-order valence-corrected chi connectivity index (χ4v) is 2.10. The van der Waals surface area contributed by atoms with Crippen LogP contribution in [0.3, 0.4) is 0 Å². The van der Waals surface area contributed by atoms with Gasteiger partial charge in [-0.3, -0.25) is 0 Å². The molecule has 19 heavy (non-hydrogen) atoms. The van der Waals surface area contributed by atoms with Gasteiger partial charge in [0.15, 0.2) is 0 Å². The van der Waals surface area contributed by atoms with E-state index in [4.69, 9.17) is 4.74 Å². The van der Waals surface area contributed by atoms with E-state index in [0.717, 1.165) is 32.3 Å². The second kappa shape index (κ2) is 8.69. The highest BCUT2D eigenvalue weighted by Crippen LogP contribution is 2.18. The fourth-order valence-electron chi connectivity index (χ4n) is 2.10. The van der Waals surface area contributed by atoms with E-state index < -0.39 is 11.9 Å². The Kier molecular flexibility index (Phi) is 7.18. The van der Waals surface area contributed by atoms with Crippen LogP contribution in [-0.4, -0.2) is 38.9 Å². The number of ether oxygens (including phenoxy) is 3. The largest absolute Gasteiger partial charge is 0.465 e. The van der Waals surface area contributed by atoms with E-state index in [1.54, 1.807) is 6.08 Å². The zero-order valence-electron chi connectivity index (χ0n) is 11.6. The molecule has 0 amide bonds. The molecule has 108 valence electrons. The highest BCUT2D eigenvalue weighted by atomic mass is 16.5. The summed E-state index contributed by atoms with van der Waals surface area (Å²) < 4.78 is 14.7. The molecular weight excluding hydrogens is 248 g/mol. The smallest absolute Gasteiger partial charge is 0.344 e. The number of carbonyl (C=O) groups excluding carboxylic acids is 2. The molecule has 0 aromatic heterocycles. The summed E-state index contributed by atoms with van der Waals surface area (Å²) in [6, 6.07) is 0. The van der Waals surface area contributed by atoms with Crippen molar-refractivity contribution in [2.45, 2.75) is 44.6 Å². The monoisotopic (exact) mass is 270 g/mol. The molecule has 1 unspecified atom stereocenters. The molecule has 1 saturated heterocycles. The Hall–Kier alpha value is -1.36. The summed E-state index contributed by atoms with van der Waals surface area (Å²) in [5, 5.41) is 0. The van der Waals surface area contributed by atoms with Gasteiger partial charge in [0, 0.05) is 6.61 Å². The molecule has 0 saturated carbocycles. The quantitative estimate of drug-likeness (QED) is 0.243. The van der Waals surface area contributed by atoms with Crippen molar-refractivity contribution in [2.75, 3.05) is 20.8 Å². The highest BCUT2D eigenvalue weighted by Gasteiger charge is 2.19. The van der Waals surface area contributed by atoms with Crippen LogP contribution in [0.5, 0.6) is 0 Å². The van der Waals surface area contributed by atoms with Crippen LogP contribution in [0.15, 0.2) is 11.6 Å². The molecule has 0 spiro atoms. The van der Waals surface area contributed by atoms with Gasteiger partial charge >= 0.3 is 11.9 Å². The summed E-state index contributed by atoms with van der Waals surface area (Å²) in [7, 11) is 2.49. The van der Waals surface area contributed by atoms with E-state index in [2.05, 4.69) is 9.47 Å². The Morgan fingerprint density at radius 2 is 1.89 bits per heavy atom. The van der Waals surface area contributed by atoms with Crippen LogP contribution < -0.4 is 0 Å². The summed E-state index contributed by atoms with van der Waals surface area (Å²) in [6.07, 6.45) is 7.84. The molecule has 5 heteroatoms. The van der Waals surface area contributed by atoms with Crippen LogP contribution in [-0.2, 0) is 23.8 Å². The van der Waals surface area contributed by atoms with Crippen molar-refractivity contribution in [1.82, 2.24) is 0 Å². The number of unbranched alkanes of at least 4 members (excludes halogenated alkanes) is 1. The van der Waals surface area contributed by atoms with Gasteiger partial charge in [0.1, 0.15) is 5.57 Å². The van der Waals surface area contributed by atoms with Gasteiger partial charge in [-0.15, -0.1) is 0 Å². The Morgan fingerprint density at radius 1 is 1.21 bits per heavy atom. The standard InChI is InChI=1S/C14H22O5/c1-17-13(15)12(14(16)18-2)9-4-3-7-11-8-5-6-10-19-11/h9,11H,3-8,10H2,1-2H3. The molecule has 1 aliphatic heterocycles. The Bertz CT molecular complexity index is 311. The minimum atomic E-state index is -0.652. The van der Waals surface area contributed by atoms with E-state index in [1.165, 1.54) is 20.6 Å². The number of esters is 2. The highest BCUT2D eigenvalue weighted by molar-refractivity contribution is 6.13. The first kappa shape index (κ1) is 15.7. The molecule has 0 aliphatic carbocycles.